The van der Waals surface area contributed by atoms with Gasteiger partial charge in [0, 0.05) is 6.42 Å². The lowest BCUT2D eigenvalue weighted by molar-refractivity contribution is 0.862. The van der Waals surface area contributed by atoms with Gasteiger partial charge in [-0.2, -0.15) is 0 Å². The standard InChI is InChI=1S/C10H13N5/c1-6(2)3-4-7-14-9(11)8-10(15-7)13-5-12-8/h5H,1,3-4H2,2H3,(H3,11,12,13,14,15). The molecular formula is C10H13N5. The van der Waals surface area contributed by atoms with Gasteiger partial charge in [-0.25, -0.2) is 15.0 Å². The molecule has 0 spiro atoms. The van der Waals surface area contributed by atoms with Crippen LogP contribution >= 0.6 is 0 Å². The number of hydrogen-bond acceptors (Lipinski definition) is 4. The van der Waals surface area contributed by atoms with Crippen LogP contribution in [0.15, 0.2) is 18.5 Å². The molecule has 0 fully saturated rings. The first kappa shape index (κ1) is 9.64. The number of anilines is 1. The molecule has 2 heterocycles. The highest BCUT2D eigenvalue weighted by atomic mass is 15.0. The molecule has 0 unspecified atom stereocenters. The topological polar surface area (TPSA) is 80.5 Å². The molecule has 2 rings (SSSR count). The van der Waals surface area contributed by atoms with Crippen LogP contribution in [0.4, 0.5) is 5.82 Å². The Morgan fingerprint density at radius 1 is 1.53 bits per heavy atom. The molecule has 0 amide bonds. The minimum absolute atomic E-state index is 0.453. The number of nitrogens with one attached hydrogen (secondary N) is 1. The van der Waals surface area contributed by atoms with E-state index in [2.05, 4.69) is 26.5 Å². The van der Waals surface area contributed by atoms with E-state index in [1.165, 1.54) is 0 Å². The van der Waals surface area contributed by atoms with Gasteiger partial charge in [0.25, 0.3) is 0 Å². The van der Waals surface area contributed by atoms with E-state index < -0.39 is 0 Å². The van der Waals surface area contributed by atoms with Crippen LogP contribution in [-0.2, 0) is 6.42 Å². The van der Waals surface area contributed by atoms with Crippen molar-refractivity contribution >= 4 is 17.0 Å². The van der Waals surface area contributed by atoms with Gasteiger partial charge in [0.05, 0.1) is 6.33 Å². The third-order valence-electron chi connectivity index (χ3n) is 2.14. The summed E-state index contributed by atoms with van der Waals surface area (Å²) >= 11 is 0. The van der Waals surface area contributed by atoms with Crippen molar-refractivity contribution in [3.8, 4) is 0 Å². The largest absolute Gasteiger partial charge is 0.382 e. The fourth-order valence-electron chi connectivity index (χ4n) is 1.34. The highest BCUT2D eigenvalue weighted by molar-refractivity contribution is 5.80. The van der Waals surface area contributed by atoms with Crippen LogP contribution in [0.1, 0.15) is 19.2 Å². The maximum absolute atomic E-state index is 5.76. The van der Waals surface area contributed by atoms with Crippen LogP contribution in [0.2, 0.25) is 0 Å². The molecule has 0 saturated heterocycles. The number of nitrogens with two attached hydrogens (primary N) is 1. The normalized spacial score (nSPS) is 10.7. The molecule has 0 saturated carbocycles. The van der Waals surface area contributed by atoms with Gasteiger partial charge in [0.15, 0.2) is 11.5 Å². The van der Waals surface area contributed by atoms with E-state index >= 15 is 0 Å². The summed E-state index contributed by atoms with van der Waals surface area (Å²) in [5, 5.41) is 0. The molecule has 5 heteroatoms. The summed E-state index contributed by atoms with van der Waals surface area (Å²) in [6.45, 7) is 5.82. The summed E-state index contributed by atoms with van der Waals surface area (Å²) in [6, 6.07) is 0. The van der Waals surface area contributed by atoms with Crippen molar-refractivity contribution < 1.29 is 0 Å². The number of aryl methyl sites for hydroxylation is 1. The van der Waals surface area contributed by atoms with Gasteiger partial charge in [0.2, 0.25) is 0 Å². The number of hydrogen-bond donors (Lipinski definition) is 2. The van der Waals surface area contributed by atoms with Gasteiger partial charge in [0.1, 0.15) is 11.3 Å². The minimum Gasteiger partial charge on any atom is -0.382 e. The predicted molar refractivity (Wildman–Crippen MR) is 59.2 cm³/mol. The van der Waals surface area contributed by atoms with Crippen LogP contribution in [0.3, 0.4) is 0 Å². The Labute approximate surface area is 87.5 Å². The second-order valence-corrected chi connectivity index (χ2v) is 3.58. The van der Waals surface area contributed by atoms with Crippen LogP contribution in [0.25, 0.3) is 11.2 Å². The number of nitrogen functional groups attached to an aromatic ring is 1. The molecule has 15 heavy (non-hydrogen) atoms. The molecule has 0 atom stereocenters. The van der Waals surface area contributed by atoms with Crippen LogP contribution in [-0.4, -0.2) is 19.9 Å². The highest BCUT2D eigenvalue weighted by Gasteiger charge is 2.06. The SMILES string of the molecule is C=C(C)CCc1nc(N)c2[nH]cnc2n1. The van der Waals surface area contributed by atoms with Crippen molar-refractivity contribution in [2.24, 2.45) is 0 Å². The maximum Gasteiger partial charge on any atom is 0.183 e. The summed E-state index contributed by atoms with van der Waals surface area (Å²) in [5.41, 5.74) is 8.20. The van der Waals surface area contributed by atoms with E-state index in [1.54, 1.807) is 6.33 Å². The summed E-state index contributed by atoms with van der Waals surface area (Å²) in [7, 11) is 0. The fourth-order valence-corrected chi connectivity index (χ4v) is 1.34. The zero-order chi connectivity index (χ0) is 10.8. The van der Waals surface area contributed by atoms with Crippen molar-refractivity contribution in [2.75, 3.05) is 5.73 Å². The number of H-pyrrole nitrogens is 1. The molecule has 78 valence electrons. The first-order valence-electron chi connectivity index (χ1n) is 4.76. The summed E-state index contributed by atoms with van der Waals surface area (Å²) in [5.74, 6) is 1.17. The van der Waals surface area contributed by atoms with E-state index in [4.69, 9.17) is 5.73 Å². The van der Waals surface area contributed by atoms with Gasteiger partial charge < -0.3 is 10.7 Å². The molecule has 0 bridgehead atoms. The lowest BCUT2D eigenvalue weighted by Crippen LogP contribution is -2.01. The van der Waals surface area contributed by atoms with Crippen molar-refractivity contribution in [3.05, 3.63) is 24.3 Å². The quantitative estimate of drug-likeness (QED) is 0.740. The lowest BCUT2D eigenvalue weighted by atomic mass is 10.2. The fraction of sp³-hybridized carbons (Fsp3) is 0.300. The Hall–Kier alpha value is -1.91. The van der Waals surface area contributed by atoms with Gasteiger partial charge >= 0.3 is 0 Å². The van der Waals surface area contributed by atoms with Crippen molar-refractivity contribution in [1.29, 1.82) is 0 Å². The van der Waals surface area contributed by atoms with Crippen molar-refractivity contribution in [3.63, 3.8) is 0 Å². The average Bonchev–Trinajstić information content (AvgIpc) is 2.63. The monoisotopic (exact) mass is 203 g/mol. The van der Waals surface area contributed by atoms with E-state index in [0.29, 0.717) is 17.0 Å². The summed E-state index contributed by atoms with van der Waals surface area (Å²) in [6.07, 6.45) is 3.19. The minimum atomic E-state index is 0.453. The van der Waals surface area contributed by atoms with Gasteiger partial charge in [-0.3, -0.25) is 0 Å². The first-order valence-corrected chi connectivity index (χ1v) is 4.76. The number of rotatable bonds is 3. The molecule has 0 aliphatic carbocycles. The second kappa shape index (κ2) is 3.68. The molecule has 2 aromatic rings. The molecule has 5 nitrogen and oxygen atoms in total. The van der Waals surface area contributed by atoms with Gasteiger partial charge in [-0.1, -0.05) is 5.57 Å². The number of nitrogens with zero attached hydrogens (tertiary/aromatic N) is 3. The van der Waals surface area contributed by atoms with Crippen molar-refractivity contribution in [2.45, 2.75) is 19.8 Å². The lowest BCUT2D eigenvalue weighted by Gasteiger charge is -2.01. The Morgan fingerprint density at radius 3 is 3.07 bits per heavy atom. The van der Waals surface area contributed by atoms with Crippen LogP contribution < -0.4 is 5.73 Å². The Balaban J connectivity index is 2.32. The highest BCUT2D eigenvalue weighted by Crippen LogP contribution is 2.14. The zero-order valence-corrected chi connectivity index (χ0v) is 8.62. The smallest absolute Gasteiger partial charge is 0.183 e. The summed E-state index contributed by atoms with van der Waals surface area (Å²) < 4.78 is 0. The Kier molecular flexibility index (Phi) is 2.37. The number of fused-ring (bicyclic) bond motifs is 1. The van der Waals surface area contributed by atoms with E-state index in [9.17, 15) is 0 Å². The zero-order valence-electron chi connectivity index (χ0n) is 8.62. The number of aromatic nitrogens is 4. The van der Waals surface area contributed by atoms with Gasteiger partial charge in [-0.05, 0) is 13.3 Å². The van der Waals surface area contributed by atoms with Crippen LogP contribution in [0.5, 0.6) is 0 Å². The number of allylic oxidation sites excluding steroid dienone is 1. The maximum atomic E-state index is 5.76. The Bertz CT molecular complexity index is 499. The van der Waals surface area contributed by atoms with Crippen LogP contribution in [0, 0.1) is 0 Å². The molecule has 3 N–H and O–H groups in total. The van der Waals surface area contributed by atoms with Crippen molar-refractivity contribution in [1.82, 2.24) is 19.9 Å². The molecule has 0 aromatic carbocycles. The summed E-state index contributed by atoms with van der Waals surface area (Å²) in [4.78, 5) is 15.5. The molecule has 0 aliphatic rings. The van der Waals surface area contributed by atoms with E-state index in [1.807, 2.05) is 6.92 Å². The van der Waals surface area contributed by atoms with E-state index in [0.717, 1.165) is 24.2 Å². The molecule has 0 radical (unpaired) electrons. The van der Waals surface area contributed by atoms with E-state index in [-0.39, 0.29) is 0 Å². The third kappa shape index (κ3) is 1.96. The number of aromatic amines is 1. The first-order chi connectivity index (χ1) is 7.16. The Morgan fingerprint density at radius 2 is 2.33 bits per heavy atom. The third-order valence-corrected chi connectivity index (χ3v) is 2.14. The molecule has 2 aromatic heterocycles. The molecular weight excluding hydrogens is 190 g/mol. The number of imidazole rings is 1. The molecule has 0 aliphatic heterocycles. The second-order valence-electron chi connectivity index (χ2n) is 3.58. The average molecular weight is 203 g/mol. The predicted octanol–water partition coefficient (Wildman–Crippen LogP) is 1.44. The van der Waals surface area contributed by atoms with Gasteiger partial charge in [-0.15, -0.1) is 6.58 Å².